The number of carbonyl (C=O) groups is 1. The summed E-state index contributed by atoms with van der Waals surface area (Å²) in [6.45, 7) is 0.364. The van der Waals surface area contributed by atoms with Crippen molar-refractivity contribution in [2.24, 2.45) is 5.73 Å². The third-order valence-corrected chi connectivity index (χ3v) is 2.41. The van der Waals surface area contributed by atoms with E-state index in [2.05, 4.69) is 10.3 Å². The third-order valence-electron chi connectivity index (χ3n) is 2.41. The van der Waals surface area contributed by atoms with E-state index in [0.717, 1.165) is 0 Å². The number of aromatic nitrogens is 2. The molecule has 0 radical (unpaired) electrons. The van der Waals surface area contributed by atoms with Crippen LogP contribution in [0.2, 0.25) is 0 Å². The van der Waals surface area contributed by atoms with Crippen LogP contribution in [0.1, 0.15) is 5.82 Å². The van der Waals surface area contributed by atoms with Gasteiger partial charge in [0.05, 0.1) is 6.54 Å². The zero-order valence-corrected chi connectivity index (χ0v) is 9.64. The first kappa shape index (κ1) is 12.3. The highest BCUT2D eigenvalue weighted by molar-refractivity contribution is 5.90. The van der Waals surface area contributed by atoms with E-state index in [1.54, 1.807) is 23.0 Å². The molecule has 0 aliphatic carbocycles. The molecule has 94 valence electrons. The van der Waals surface area contributed by atoms with Crippen LogP contribution in [0, 0.1) is 5.82 Å². The molecular formula is C12H13FN4O. The van der Waals surface area contributed by atoms with E-state index in [0.29, 0.717) is 11.5 Å². The Morgan fingerprint density at radius 1 is 1.50 bits per heavy atom. The Morgan fingerprint density at radius 2 is 2.33 bits per heavy atom. The minimum atomic E-state index is -0.391. The van der Waals surface area contributed by atoms with Gasteiger partial charge in [0.1, 0.15) is 18.2 Å². The summed E-state index contributed by atoms with van der Waals surface area (Å²) in [6, 6.07) is 5.74. The first-order valence-corrected chi connectivity index (χ1v) is 5.44. The summed E-state index contributed by atoms with van der Waals surface area (Å²) in [7, 11) is 0. The van der Waals surface area contributed by atoms with E-state index >= 15 is 0 Å². The highest BCUT2D eigenvalue weighted by atomic mass is 19.1. The van der Waals surface area contributed by atoms with Crippen molar-refractivity contribution in [1.82, 2.24) is 9.55 Å². The molecule has 2 rings (SSSR count). The van der Waals surface area contributed by atoms with Crippen molar-refractivity contribution >= 4 is 11.6 Å². The van der Waals surface area contributed by atoms with Crippen LogP contribution in [0.25, 0.3) is 0 Å². The Bertz CT molecular complexity index is 553. The monoisotopic (exact) mass is 248 g/mol. The smallest absolute Gasteiger partial charge is 0.244 e. The summed E-state index contributed by atoms with van der Waals surface area (Å²) in [5, 5.41) is 2.60. The quantitative estimate of drug-likeness (QED) is 0.851. The molecule has 0 bridgehead atoms. The first-order valence-electron chi connectivity index (χ1n) is 5.44. The SMILES string of the molecule is NCc1nccn1CC(=O)Nc1cccc(F)c1. The van der Waals surface area contributed by atoms with Crippen molar-refractivity contribution in [1.29, 1.82) is 0 Å². The van der Waals surface area contributed by atoms with Crippen LogP contribution in [-0.2, 0) is 17.9 Å². The lowest BCUT2D eigenvalue weighted by atomic mass is 10.3. The van der Waals surface area contributed by atoms with Gasteiger partial charge < -0.3 is 15.6 Å². The van der Waals surface area contributed by atoms with E-state index < -0.39 is 5.82 Å². The first-order chi connectivity index (χ1) is 8.69. The van der Waals surface area contributed by atoms with Crippen molar-refractivity contribution in [3.8, 4) is 0 Å². The fraction of sp³-hybridized carbons (Fsp3) is 0.167. The van der Waals surface area contributed by atoms with Crippen molar-refractivity contribution in [2.45, 2.75) is 13.1 Å². The van der Waals surface area contributed by atoms with Crippen LogP contribution in [0.4, 0.5) is 10.1 Å². The number of nitrogens with zero attached hydrogens (tertiary/aromatic N) is 2. The fourth-order valence-electron chi connectivity index (χ4n) is 1.60. The minimum Gasteiger partial charge on any atom is -0.324 e. The summed E-state index contributed by atoms with van der Waals surface area (Å²) in [5.41, 5.74) is 5.90. The number of hydrogen-bond donors (Lipinski definition) is 2. The van der Waals surface area contributed by atoms with Crippen LogP contribution in [-0.4, -0.2) is 15.5 Å². The highest BCUT2D eigenvalue weighted by Crippen LogP contribution is 2.09. The van der Waals surface area contributed by atoms with Crippen LogP contribution >= 0.6 is 0 Å². The maximum atomic E-state index is 12.9. The molecule has 0 aliphatic rings. The lowest BCUT2D eigenvalue weighted by Gasteiger charge is -2.07. The van der Waals surface area contributed by atoms with Crippen LogP contribution in [0.15, 0.2) is 36.7 Å². The average molecular weight is 248 g/mol. The Hall–Kier alpha value is -2.21. The molecule has 1 aromatic carbocycles. The molecule has 1 heterocycles. The molecule has 0 spiro atoms. The van der Waals surface area contributed by atoms with E-state index in [1.165, 1.54) is 18.2 Å². The van der Waals surface area contributed by atoms with Gasteiger partial charge in [-0.25, -0.2) is 9.37 Å². The number of carbonyl (C=O) groups excluding carboxylic acids is 1. The number of rotatable bonds is 4. The molecule has 1 amide bonds. The highest BCUT2D eigenvalue weighted by Gasteiger charge is 2.07. The molecule has 6 heteroatoms. The van der Waals surface area contributed by atoms with Crippen LogP contribution in [0.5, 0.6) is 0 Å². The molecule has 0 saturated heterocycles. The summed E-state index contributed by atoms with van der Waals surface area (Å²) in [4.78, 5) is 15.7. The number of halogens is 1. The fourth-order valence-corrected chi connectivity index (χ4v) is 1.60. The zero-order valence-electron chi connectivity index (χ0n) is 9.64. The second kappa shape index (κ2) is 5.42. The van der Waals surface area contributed by atoms with Crippen molar-refractivity contribution in [3.63, 3.8) is 0 Å². The second-order valence-corrected chi connectivity index (χ2v) is 3.73. The van der Waals surface area contributed by atoms with Gasteiger partial charge in [-0.3, -0.25) is 4.79 Å². The van der Waals surface area contributed by atoms with Crippen LogP contribution < -0.4 is 11.1 Å². The van der Waals surface area contributed by atoms with Crippen molar-refractivity contribution in [3.05, 3.63) is 48.3 Å². The number of hydrogen-bond acceptors (Lipinski definition) is 3. The topological polar surface area (TPSA) is 72.9 Å². The summed E-state index contributed by atoms with van der Waals surface area (Å²) < 4.78 is 14.6. The van der Waals surface area contributed by atoms with Gasteiger partial charge in [0, 0.05) is 18.1 Å². The summed E-state index contributed by atoms with van der Waals surface area (Å²) >= 11 is 0. The van der Waals surface area contributed by atoms with Gasteiger partial charge in [-0.15, -0.1) is 0 Å². The van der Waals surface area contributed by atoms with Crippen molar-refractivity contribution in [2.75, 3.05) is 5.32 Å². The van der Waals surface area contributed by atoms with Gasteiger partial charge >= 0.3 is 0 Å². The van der Waals surface area contributed by atoms with Gasteiger partial charge in [-0.2, -0.15) is 0 Å². The lowest BCUT2D eigenvalue weighted by Crippen LogP contribution is -2.20. The predicted octanol–water partition coefficient (Wildman–Crippen LogP) is 1.12. The molecule has 0 aliphatic heterocycles. The van der Waals surface area contributed by atoms with Gasteiger partial charge in [0.2, 0.25) is 5.91 Å². The third kappa shape index (κ3) is 2.92. The maximum Gasteiger partial charge on any atom is 0.244 e. The van der Waals surface area contributed by atoms with Gasteiger partial charge in [0.25, 0.3) is 0 Å². The summed E-state index contributed by atoms with van der Waals surface area (Å²) in [6.07, 6.45) is 3.25. The molecule has 1 aromatic heterocycles. The van der Waals surface area contributed by atoms with E-state index in [-0.39, 0.29) is 19.0 Å². The molecule has 18 heavy (non-hydrogen) atoms. The van der Waals surface area contributed by atoms with Crippen molar-refractivity contribution < 1.29 is 9.18 Å². The van der Waals surface area contributed by atoms with Gasteiger partial charge in [0.15, 0.2) is 0 Å². The second-order valence-electron chi connectivity index (χ2n) is 3.73. The van der Waals surface area contributed by atoms with Crippen LogP contribution in [0.3, 0.4) is 0 Å². The Balaban J connectivity index is 2.01. The summed E-state index contributed by atoms with van der Waals surface area (Å²) in [5.74, 6) is -0.0178. The number of anilines is 1. The minimum absolute atomic E-state index is 0.100. The van der Waals surface area contributed by atoms with E-state index in [9.17, 15) is 9.18 Å². The lowest BCUT2D eigenvalue weighted by molar-refractivity contribution is -0.116. The molecule has 3 N–H and O–H groups in total. The molecule has 0 unspecified atom stereocenters. The van der Waals surface area contributed by atoms with Gasteiger partial charge in [-0.1, -0.05) is 6.07 Å². The van der Waals surface area contributed by atoms with Gasteiger partial charge in [-0.05, 0) is 18.2 Å². The molecule has 0 atom stereocenters. The molecule has 5 nitrogen and oxygen atoms in total. The van der Waals surface area contributed by atoms with E-state index in [4.69, 9.17) is 5.73 Å². The Morgan fingerprint density at radius 3 is 3.06 bits per heavy atom. The molecule has 0 saturated carbocycles. The molecular weight excluding hydrogens is 235 g/mol. The number of imidazole rings is 1. The maximum absolute atomic E-state index is 12.9. The average Bonchev–Trinajstić information content (AvgIpc) is 2.76. The predicted molar refractivity (Wildman–Crippen MR) is 65.1 cm³/mol. The Labute approximate surface area is 103 Å². The molecule has 2 aromatic rings. The standard InChI is InChI=1S/C12H13FN4O/c13-9-2-1-3-10(6-9)16-12(18)8-17-5-4-15-11(17)7-14/h1-6H,7-8,14H2,(H,16,18). The molecule has 0 fully saturated rings. The number of amides is 1. The number of nitrogens with two attached hydrogens (primary N) is 1. The Kier molecular flexibility index (Phi) is 3.69. The number of nitrogens with one attached hydrogen (secondary N) is 1. The largest absolute Gasteiger partial charge is 0.324 e. The van der Waals surface area contributed by atoms with E-state index in [1.807, 2.05) is 0 Å². The number of benzene rings is 1. The normalized spacial score (nSPS) is 10.3. The zero-order chi connectivity index (χ0) is 13.0.